The SMILES string of the molecule is Cc1cc(C(=O)c2c(C)cccc2C)c(C)o1. The van der Waals surface area contributed by atoms with Gasteiger partial charge in [-0.05, 0) is 44.9 Å². The van der Waals surface area contributed by atoms with Gasteiger partial charge in [0.05, 0.1) is 5.56 Å². The molecule has 0 aliphatic heterocycles. The Morgan fingerprint density at radius 1 is 1.06 bits per heavy atom. The van der Waals surface area contributed by atoms with Gasteiger partial charge < -0.3 is 4.42 Å². The van der Waals surface area contributed by atoms with E-state index in [1.54, 1.807) is 0 Å². The number of furan rings is 1. The third-order valence-corrected chi connectivity index (χ3v) is 2.99. The maximum absolute atomic E-state index is 12.5. The topological polar surface area (TPSA) is 30.2 Å². The lowest BCUT2D eigenvalue weighted by molar-refractivity contribution is 0.103. The molecule has 0 spiro atoms. The van der Waals surface area contributed by atoms with Crippen molar-refractivity contribution in [3.05, 3.63) is 58.0 Å². The predicted molar refractivity (Wildman–Crippen MR) is 67.5 cm³/mol. The highest BCUT2D eigenvalue weighted by Gasteiger charge is 2.18. The van der Waals surface area contributed by atoms with Gasteiger partial charge in [0.15, 0.2) is 5.78 Å². The summed E-state index contributed by atoms with van der Waals surface area (Å²) in [4.78, 5) is 12.5. The monoisotopic (exact) mass is 228 g/mol. The molecule has 2 nitrogen and oxygen atoms in total. The minimum atomic E-state index is 0.0509. The van der Waals surface area contributed by atoms with Gasteiger partial charge in [0.25, 0.3) is 0 Å². The molecule has 0 atom stereocenters. The summed E-state index contributed by atoms with van der Waals surface area (Å²) in [5.41, 5.74) is 3.47. The highest BCUT2D eigenvalue weighted by Crippen LogP contribution is 2.22. The Balaban J connectivity index is 2.55. The Labute approximate surface area is 101 Å². The van der Waals surface area contributed by atoms with Crippen LogP contribution in [0.5, 0.6) is 0 Å². The third-order valence-electron chi connectivity index (χ3n) is 2.99. The van der Waals surface area contributed by atoms with Crippen LogP contribution in [0.4, 0.5) is 0 Å². The van der Waals surface area contributed by atoms with Crippen LogP contribution in [0.15, 0.2) is 28.7 Å². The number of hydrogen-bond acceptors (Lipinski definition) is 2. The lowest BCUT2D eigenvalue weighted by Gasteiger charge is -2.07. The zero-order valence-corrected chi connectivity index (χ0v) is 10.6. The number of hydrogen-bond donors (Lipinski definition) is 0. The maximum atomic E-state index is 12.5. The molecule has 0 amide bonds. The summed E-state index contributed by atoms with van der Waals surface area (Å²) in [5, 5.41) is 0. The summed E-state index contributed by atoms with van der Waals surface area (Å²) < 4.78 is 5.42. The van der Waals surface area contributed by atoms with E-state index in [0.717, 1.165) is 22.5 Å². The zero-order chi connectivity index (χ0) is 12.6. The molecule has 0 radical (unpaired) electrons. The van der Waals surface area contributed by atoms with Gasteiger partial charge in [-0.25, -0.2) is 0 Å². The number of rotatable bonds is 2. The Hall–Kier alpha value is -1.83. The van der Waals surface area contributed by atoms with Gasteiger partial charge in [-0.1, -0.05) is 18.2 Å². The molecule has 2 heteroatoms. The van der Waals surface area contributed by atoms with Gasteiger partial charge in [-0.15, -0.1) is 0 Å². The van der Waals surface area contributed by atoms with E-state index in [-0.39, 0.29) is 5.78 Å². The molecule has 1 aromatic carbocycles. The van der Waals surface area contributed by atoms with Crippen LogP contribution in [-0.4, -0.2) is 5.78 Å². The number of carbonyl (C=O) groups is 1. The van der Waals surface area contributed by atoms with E-state index in [4.69, 9.17) is 4.42 Å². The average molecular weight is 228 g/mol. The summed E-state index contributed by atoms with van der Waals surface area (Å²) in [6.07, 6.45) is 0. The van der Waals surface area contributed by atoms with E-state index < -0.39 is 0 Å². The molecule has 1 aromatic heterocycles. The molecule has 1 heterocycles. The number of carbonyl (C=O) groups excluding carboxylic acids is 1. The van der Waals surface area contributed by atoms with Crippen LogP contribution in [-0.2, 0) is 0 Å². The minimum Gasteiger partial charge on any atom is -0.466 e. The van der Waals surface area contributed by atoms with Crippen molar-refractivity contribution in [2.24, 2.45) is 0 Å². The molecule has 0 unspecified atom stereocenters. The van der Waals surface area contributed by atoms with E-state index in [1.807, 2.05) is 52.0 Å². The molecule has 0 saturated heterocycles. The average Bonchev–Trinajstić information content (AvgIpc) is 2.57. The second-order valence-corrected chi connectivity index (χ2v) is 4.42. The van der Waals surface area contributed by atoms with E-state index in [0.29, 0.717) is 11.3 Å². The number of ketones is 1. The molecule has 2 rings (SSSR count). The number of aryl methyl sites for hydroxylation is 4. The molecule has 2 aromatic rings. The van der Waals surface area contributed by atoms with Gasteiger partial charge >= 0.3 is 0 Å². The van der Waals surface area contributed by atoms with Crippen molar-refractivity contribution in [3.63, 3.8) is 0 Å². The fourth-order valence-corrected chi connectivity index (χ4v) is 2.16. The van der Waals surface area contributed by atoms with Crippen molar-refractivity contribution < 1.29 is 9.21 Å². The number of benzene rings is 1. The van der Waals surface area contributed by atoms with Crippen molar-refractivity contribution in [3.8, 4) is 0 Å². The minimum absolute atomic E-state index is 0.0509. The van der Waals surface area contributed by atoms with Crippen LogP contribution in [0.1, 0.15) is 38.6 Å². The van der Waals surface area contributed by atoms with Crippen molar-refractivity contribution in [2.75, 3.05) is 0 Å². The summed E-state index contributed by atoms with van der Waals surface area (Å²) in [6, 6.07) is 7.70. The normalized spacial score (nSPS) is 10.6. The molecule has 17 heavy (non-hydrogen) atoms. The van der Waals surface area contributed by atoms with Crippen molar-refractivity contribution in [1.82, 2.24) is 0 Å². The second-order valence-electron chi connectivity index (χ2n) is 4.42. The quantitative estimate of drug-likeness (QED) is 0.733. The fourth-order valence-electron chi connectivity index (χ4n) is 2.16. The van der Waals surface area contributed by atoms with Gasteiger partial charge in [0, 0.05) is 5.56 Å². The highest BCUT2D eigenvalue weighted by atomic mass is 16.3. The van der Waals surface area contributed by atoms with Crippen LogP contribution in [0.2, 0.25) is 0 Å². The Morgan fingerprint density at radius 3 is 2.12 bits per heavy atom. The van der Waals surface area contributed by atoms with Crippen molar-refractivity contribution in [1.29, 1.82) is 0 Å². The first-order valence-corrected chi connectivity index (χ1v) is 5.68. The van der Waals surface area contributed by atoms with E-state index >= 15 is 0 Å². The van der Waals surface area contributed by atoms with Crippen LogP contribution < -0.4 is 0 Å². The van der Waals surface area contributed by atoms with Gasteiger partial charge in [0.2, 0.25) is 0 Å². The van der Waals surface area contributed by atoms with Gasteiger partial charge in [-0.3, -0.25) is 4.79 Å². The molecule has 0 bridgehead atoms. The van der Waals surface area contributed by atoms with Gasteiger partial charge in [-0.2, -0.15) is 0 Å². The summed E-state index contributed by atoms with van der Waals surface area (Å²) in [7, 11) is 0. The van der Waals surface area contributed by atoms with E-state index in [1.165, 1.54) is 0 Å². The Morgan fingerprint density at radius 2 is 1.65 bits per heavy atom. The Bertz CT molecular complexity index is 556. The maximum Gasteiger partial charge on any atom is 0.197 e. The summed E-state index contributed by atoms with van der Waals surface area (Å²) >= 11 is 0. The van der Waals surface area contributed by atoms with Crippen LogP contribution >= 0.6 is 0 Å². The lowest BCUT2D eigenvalue weighted by Crippen LogP contribution is -2.06. The molecule has 0 aliphatic carbocycles. The molecular weight excluding hydrogens is 212 g/mol. The molecule has 0 saturated carbocycles. The smallest absolute Gasteiger partial charge is 0.197 e. The zero-order valence-electron chi connectivity index (χ0n) is 10.6. The molecule has 0 fully saturated rings. The van der Waals surface area contributed by atoms with E-state index in [9.17, 15) is 4.79 Å². The molecular formula is C15H16O2. The summed E-state index contributed by atoms with van der Waals surface area (Å²) in [5.74, 6) is 1.52. The lowest BCUT2D eigenvalue weighted by atomic mass is 9.95. The molecule has 88 valence electrons. The first-order valence-electron chi connectivity index (χ1n) is 5.68. The largest absolute Gasteiger partial charge is 0.466 e. The predicted octanol–water partition coefficient (Wildman–Crippen LogP) is 3.74. The summed E-state index contributed by atoms with van der Waals surface area (Å²) in [6.45, 7) is 7.60. The molecule has 0 N–H and O–H groups in total. The Kier molecular flexibility index (Phi) is 2.88. The van der Waals surface area contributed by atoms with Gasteiger partial charge in [0.1, 0.15) is 11.5 Å². The fraction of sp³-hybridized carbons (Fsp3) is 0.267. The van der Waals surface area contributed by atoms with Crippen LogP contribution in [0.25, 0.3) is 0 Å². The first kappa shape index (κ1) is 11.6. The van der Waals surface area contributed by atoms with Crippen molar-refractivity contribution >= 4 is 5.78 Å². The van der Waals surface area contributed by atoms with Crippen LogP contribution in [0, 0.1) is 27.7 Å². The van der Waals surface area contributed by atoms with Crippen molar-refractivity contribution in [2.45, 2.75) is 27.7 Å². The highest BCUT2D eigenvalue weighted by molar-refractivity contribution is 6.11. The third kappa shape index (κ3) is 2.03. The first-order chi connectivity index (χ1) is 8.00. The van der Waals surface area contributed by atoms with Crippen LogP contribution in [0.3, 0.4) is 0 Å². The molecule has 0 aliphatic rings. The standard InChI is InChI=1S/C15H16O2/c1-9-6-5-7-10(2)14(9)15(16)13-8-11(3)17-12(13)4/h5-8H,1-4H3. The second kappa shape index (κ2) is 4.21. The van der Waals surface area contributed by atoms with E-state index in [2.05, 4.69) is 0 Å².